The second-order valence-electron chi connectivity index (χ2n) is 9.92. The van der Waals surface area contributed by atoms with E-state index in [-0.39, 0.29) is 23.7 Å². The standard InChI is InChI=1S/C29H21Cl2N3O2/c1-15-11-16(2)34(32-15)29-25-22-9-5-3-7-20(22)24(21-8-4-6-10-23(21)25)26(29)27(35)33(28(29)36)19-13-17(30)12-18(31)14-19/h3-14,24-26H,1-2H3. The molecule has 8 rings (SSSR count). The van der Waals surface area contributed by atoms with E-state index >= 15 is 0 Å². The SMILES string of the molecule is Cc1cc(C)n(C23C(=O)N(c4cc(Cl)cc(Cl)c4)C(=O)C2C2c4ccccc4C3c3ccccc32)n1. The molecule has 4 aromatic rings. The maximum atomic E-state index is 14.8. The number of hydrogen-bond donors (Lipinski definition) is 0. The first-order valence-electron chi connectivity index (χ1n) is 11.9. The van der Waals surface area contributed by atoms with Gasteiger partial charge in [-0.05, 0) is 60.4 Å². The molecule has 0 N–H and O–H groups in total. The van der Waals surface area contributed by atoms with Crippen LogP contribution >= 0.6 is 23.2 Å². The van der Waals surface area contributed by atoms with Crippen LogP contribution in [-0.4, -0.2) is 21.6 Å². The third-order valence-corrected chi connectivity index (χ3v) is 8.47. The van der Waals surface area contributed by atoms with E-state index in [4.69, 9.17) is 28.3 Å². The molecule has 2 heterocycles. The van der Waals surface area contributed by atoms with Gasteiger partial charge in [0, 0.05) is 27.6 Å². The number of carbonyl (C=O) groups is 2. The first kappa shape index (κ1) is 21.8. The maximum Gasteiger partial charge on any atom is 0.263 e. The van der Waals surface area contributed by atoms with Gasteiger partial charge in [0.1, 0.15) is 0 Å². The molecule has 5 nitrogen and oxygen atoms in total. The van der Waals surface area contributed by atoms with E-state index in [0.29, 0.717) is 15.7 Å². The predicted octanol–water partition coefficient (Wildman–Crippen LogP) is 5.98. The normalized spacial score (nSPS) is 25.7. The minimum Gasteiger partial charge on any atom is -0.274 e. The van der Waals surface area contributed by atoms with Gasteiger partial charge in [-0.2, -0.15) is 5.10 Å². The first-order valence-corrected chi connectivity index (χ1v) is 12.7. The molecule has 0 saturated carbocycles. The molecule has 1 aromatic heterocycles. The van der Waals surface area contributed by atoms with E-state index in [1.54, 1.807) is 18.2 Å². The molecule has 2 unspecified atom stereocenters. The molecule has 178 valence electrons. The van der Waals surface area contributed by atoms with Crippen molar-refractivity contribution in [2.24, 2.45) is 5.92 Å². The minimum atomic E-state index is -1.25. The summed E-state index contributed by atoms with van der Waals surface area (Å²) in [6.45, 7) is 3.86. The lowest BCUT2D eigenvalue weighted by Crippen LogP contribution is -2.58. The second-order valence-corrected chi connectivity index (χ2v) is 10.8. The van der Waals surface area contributed by atoms with Crippen LogP contribution in [0.5, 0.6) is 0 Å². The summed E-state index contributed by atoms with van der Waals surface area (Å²) < 4.78 is 1.82. The maximum absolute atomic E-state index is 14.8. The zero-order valence-electron chi connectivity index (χ0n) is 19.6. The third-order valence-electron chi connectivity index (χ3n) is 8.03. The Labute approximate surface area is 218 Å². The average Bonchev–Trinajstić information content (AvgIpc) is 3.31. The van der Waals surface area contributed by atoms with Crippen molar-refractivity contribution < 1.29 is 9.59 Å². The fourth-order valence-electron chi connectivity index (χ4n) is 6.98. The number of nitrogens with zero attached hydrogens (tertiary/aromatic N) is 3. The fraction of sp³-hybridized carbons (Fsp3) is 0.207. The van der Waals surface area contributed by atoms with E-state index < -0.39 is 11.5 Å². The quantitative estimate of drug-likeness (QED) is 0.309. The van der Waals surface area contributed by atoms with Crippen molar-refractivity contribution in [1.82, 2.24) is 9.78 Å². The summed E-state index contributed by atoms with van der Waals surface area (Å²) in [5, 5.41) is 5.57. The summed E-state index contributed by atoms with van der Waals surface area (Å²) in [6, 6.07) is 23.2. The highest BCUT2D eigenvalue weighted by Crippen LogP contribution is 2.66. The molecule has 0 radical (unpaired) electrons. The van der Waals surface area contributed by atoms with Gasteiger partial charge in [-0.15, -0.1) is 0 Å². The molecule has 2 bridgehead atoms. The van der Waals surface area contributed by atoms with Crippen molar-refractivity contribution in [3.63, 3.8) is 0 Å². The Bertz CT molecular complexity index is 1560. The number of anilines is 1. The van der Waals surface area contributed by atoms with Gasteiger partial charge in [-0.25, -0.2) is 4.90 Å². The lowest BCUT2D eigenvalue weighted by Gasteiger charge is -2.53. The molecule has 0 spiro atoms. The van der Waals surface area contributed by atoms with Crippen molar-refractivity contribution in [2.75, 3.05) is 4.90 Å². The molecular weight excluding hydrogens is 493 g/mol. The third kappa shape index (κ3) is 2.54. The van der Waals surface area contributed by atoms with E-state index in [0.717, 1.165) is 33.6 Å². The number of carbonyl (C=O) groups excluding carboxylic acids is 2. The number of rotatable bonds is 2. The van der Waals surface area contributed by atoms with Gasteiger partial charge < -0.3 is 0 Å². The highest BCUT2D eigenvalue weighted by Gasteiger charge is 2.73. The average molecular weight is 514 g/mol. The summed E-state index contributed by atoms with van der Waals surface area (Å²) in [5.41, 5.74) is 5.09. The fourth-order valence-corrected chi connectivity index (χ4v) is 7.50. The lowest BCUT2D eigenvalue weighted by atomic mass is 9.51. The number of aryl methyl sites for hydroxylation is 2. The largest absolute Gasteiger partial charge is 0.274 e. The van der Waals surface area contributed by atoms with E-state index in [9.17, 15) is 9.59 Å². The van der Waals surface area contributed by atoms with Crippen LogP contribution in [0, 0.1) is 19.8 Å². The number of imide groups is 1. The Morgan fingerprint density at radius 2 is 1.36 bits per heavy atom. The number of hydrogen-bond acceptors (Lipinski definition) is 3. The molecule has 1 fully saturated rings. The summed E-state index contributed by atoms with van der Waals surface area (Å²) >= 11 is 12.6. The van der Waals surface area contributed by atoms with Crippen molar-refractivity contribution in [2.45, 2.75) is 31.2 Å². The zero-order chi connectivity index (χ0) is 24.9. The Hall–Kier alpha value is -3.41. The Balaban J connectivity index is 1.60. The molecule has 2 atom stereocenters. The van der Waals surface area contributed by atoms with Crippen LogP contribution in [0.4, 0.5) is 5.69 Å². The Morgan fingerprint density at radius 3 is 1.89 bits per heavy atom. The number of benzene rings is 3. The molecule has 3 aliphatic carbocycles. The Kier molecular flexibility index (Phi) is 4.43. The van der Waals surface area contributed by atoms with E-state index in [1.807, 2.05) is 48.9 Å². The van der Waals surface area contributed by atoms with Crippen molar-refractivity contribution in [1.29, 1.82) is 0 Å². The molecule has 36 heavy (non-hydrogen) atoms. The van der Waals surface area contributed by atoms with Crippen LogP contribution in [0.25, 0.3) is 0 Å². The van der Waals surface area contributed by atoms with Crippen molar-refractivity contribution >= 4 is 40.7 Å². The van der Waals surface area contributed by atoms with Gasteiger partial charge in [0.15, 0.2) is 5.54 Å². The van der Waals surface area contributed by atoms with Gasteiger partial charge in [0.25, 0.3) is 5.91 Å². The monoisotopic (exact) mass is 513 g/mol. The van der Waals surface area contributed by atoms with Crippen LogP contribution in [0.2, 0.25) is 10.0 Å². The van der Waals surface area contributed by atoms with Crippen LogP contribution in [0.15, 0.2) is 72.8 Å². The topological polar surface area (TPSA) is 55.2 Å². The molecular formula is C29H21Cl2N3O2. The molecule has 1 aliphatic heterocycles. The summed E-state index contributed by atoms with van der Waals surface area (Å²) in [5.74, 6) is -1.90. The van der Waals surface area contributed by atoms with Gasteiger partial charge in [-0.1, -0.05) is 71.7 Å². The van der Waals surface area contributed by atoms with Gasteiger partial charge >= 0.3 is 0 Å². The number of amides is 2. The Morgan fingerprint density at radius 1 is 0.806 bits per heavy atom. The smallest absolute Gasteiger partial charge is 0.263 e. The van der Waals surface area contributed by atoms with Crippen LogP contribution in [0.3, 0.4) is 0 Å². The molecule has 3 aromatic carbocycles. The first-order chi connectivity index (χ1) is 17.3. The summed E-state index contributed by atoms with van der Waals surface area (Å²) in [6.07, 6.45) is 0. The van der Waals surface area contributed by atoms with Crippen molar-refractivity contribution in [3.8, 4) is 0 Å². The predicted molar refractivity (Wildman–Crippen MR) is 139 cm³/mol. The van der Waals surface area contributed by atoms with Gasteiger partial charge in [0.2, 0.25) is 5.91 Å². The zero-order valence-corrected chi connectivity index (χ0v) is 21.1. The summed E-state index contributed by atoms with van der Waals surface area (Å²) in [7, 11) is 0. The second kappa shape index (κ2) is 7.31. The van der Waals surface area contributed by atoms with E-state index in [2.05, 4.69) is 24.3 Å². The number of aromatic nitrogens is 2. The van der Waals surface area contributed by atoms with Gasteiger partial charge in [0.05, 0.1) is 17.3 Å². The number of halogens is 2. The summed E-state index contributed by atoms with van der Waals surface area (Å²) in [4.78, 5) is 30.6. The minimum absolute atomic E-state index is 0.259. The molecule has 1 saturated heterocycles. The van der Waals surface area contributed by atoms with Crippen LogP contribution in [0.1, 0.15) is 45.5 Å². The molecule has 2 amide bonds. The molecule has 7 heteroatoms. The highest BCUT2D eigenvalue weighted by molar-refractivity contribution is 6.36. The lowest BCUT2D eigenvalue weighted by molar-refractivity contribution is -0.129. The van der Waals surface area contributed by atoms with Crippen LogP contribution < -0.4 is 4.90 Å². The van der Waals surface area contributed by atoms with Crippen LogP contribution in [-0.2, 0) is 15.1 Å². The molecule has 4 aliphatic rings. The van der Waals surface area contributed by atoms with E-state index in [1.165, 1.54) is 4.90 Å². The van der Waals surface area contributed by atoms with Gasteiger partial charge in [-0.3, -0.25) is 14.3 Å². The highest BCUT2D eigenvalue weighted by atomic mass is 35.5. The van der Waals surface area contributed by atoms with Crippen molar-refractivity contribution in [3.05, 3.63) is 116 Å².